The van der Waals surface area contributed by atoms with E-state index in [4.69, 9.17) is 0 Å². The summed E-state index contributed by atoms with van der Waals surface area (Å²) in [5, 5.41) is 22.9. The molecule has 0 aliphatic carbocycles. The zero-order valence-electron chi connectivity index (χ0n) is 29.4. The third kappa shape index (κ3) is 32.0. The summed E-state index contributed by atoms with van der Waals surface area (Å²) in [6, 6.07) is -0.640. The largest absolute Gasteiger partial charge is 0.394 e. The Morgan fingerprint density at radius 3 is 1.32 bits per heavy atom. The van der Waals surface area contributed by atoms with Gasteiger partial charge in [-0.25, -0.2) is 0 Å². The van der Waals surface area contributed by atoms with Gasteiger partial charge < -0.3 is 15.5 Å². The molecule has 2 atom stereocenters. The van der Waals surface area contributed by atoms with Gasteiger partial charge in [-0.3, -0.25) is 4.79 Å². The number of unbranched alkanes of at least 4 members (excludes halogenated alkanes) is 23. The van der Waals surface area contributed by atoms with Crippen molar-refractivity contribution < 1.29 is 15.0 Å². The normalized spacial score (nSPS) is 13.5. The monoisotopic (exact) mass is 618 g/mol. The summed E-state index contributed by atoms with van der Waals surface area (Å²) in [7, 11) is 0. The third-order valence-corrected chi connectivity index (χ3v) is 8.60. The minimum absolute atomic E-state index is 0.0838. The molecule has 0 saturated heterocycles. The van der Waals surface area contributed by atoms with Crippen LogP contribution in [0.1, 0.15) is 194 Å². The fourth-order valence-corrected chi connectivity index (χ4v) is 5.60. The fraction of sp³-hybridized carbons (Fsp3) is 0.825. The van der Waals surface area contributed by atoms with Crippen molar-refractivity contribution in [3.63, 3.8) is 0 Å². The Hall–Kier alpha value is -1.39. The van der Waals surface area contributed by atoms with Crippen molar-refractivity contribution in [2.75, 3.05) is 6.61 Å². The number of hydrogen-bond donors (Lipinski definition) is 3. The first-order valence-corrected chi connectivity index (χ1v) is 19.2. The second-order valence-corrected chi connectivity index (χ2v) is 13.0. The molecule has 0 aromatic carbocycles. The summed E-state index contributed by atoms with van der Waals surface area (Å²) < 4.78 is 0. The van der Waals surface area contributed by atoms with Crippen LogP contribution in [0.15, 0.2) is 36.5 Å². The van der Waals surface area contributed by atoms with E-state index in [1.54, 1.807) is 6.08 Å². The average molecular weight is 618 g/mol. The van der Waals surface area contributed by atoms with Crippen LogP contribution < -0.4 is 5.32 Å². The molecule has 44 heavy (non-hydrogen) atoms. The van der Waals surface area contributed by atoms with Crippen LogP contribution in [0.5, 0.6) is 0 Å². The van der Waals surface area contributed by atoms with Crippen molar-refractivity contribution in [1.82, 2.24) is 5.32 Å². The highest BCUT2D eigenvalue weighted by molar-refractivity contribution is 5.76. The summed E-state index contributed by atoms with van der Waals surface area (Å²) in [6.07, 6.45) is 46.6. The Balaban J connectivity index is 3.68. The molecule has 0 heterocycles. The predicted molar refractivity (Wildman–Crippen MR) is 193 cm³/mol. The number of rotatable bonds is 34. The molecule has 1 amide bonds. The van der Waals surface area contributed by atoms with E-state index in [-0.39, 0.29) is 12.5 Å². The number of aliphatic hydroxyl groups is 2. The minimum Gasteiger partial charge on any atom is -0.394 e. The number of amides is 1. The quantitative estimate of drug-likeness (QED) is 0.0497. The van der Waals surface area contributed by atoms with Gasteiger partial charge in [0.2, 0.25) is 5.91 Å². The molecule has 0 saturated carbocycles. The lowest BCUT2D eigenvalue weighted by Gasteiger charge is -2.19. The number of hydrogen-bond acceptors (Lipinski definition) is 3. The summed E-state index contributed by atoms with van der Waals surface area (Å²) in [4.78, 5) is 12.3. The Bertz CT molecular complexity index is 672. The van der Waals surface area contributed by atoms with Crippen LogP contribution in [0.25, 0.3) is 0 Å². The van der Waals surface area contributed by atoms with Crippen LogP contribution in [0, 0.1) is 0 Å². The smallest absolute Gasteiger partial charge is 0.220 e. The molecule has 0 bridgehead atoms. The highest BCUT2D eigenvalue weighted by Gasteiger charge is 2.17. The molecule has 0 radical (unpaired) electrons. The second-order valence-electron chi connectivity index (χ2n) is 13.0. The molecule has 0 aromatic rings. The van der Waals surface area contributed by atoms with E-state index in [0.717, 1.165) is 44.9 Å². The van der Waals surface area contributed by atoms with Crippen LogP contribution in [0.2, 0.25) is 0 Å². The summed E-state index contributed by atoms with van der Waals surface area (Å²) in [5.41, 5.74) is 0. The lowest BCUT2D eigenvalue weighted by atomic mass is 10.1. The molecule has 258 valence electrons. The standard InChI is InChI=1S/C40H75NO3/c1-3-5-7-9-11-13-15-17-19-20-22-23-25-27-29-31-33-35-39(43)38(37-42)41-40(44)36-34-32-30-28-26-24-21-18-16-14-12-10-8-6-4-2/h18,21,25,27,33,35,38-39,42-43H,3-17,19-20,22-24,26,28-32,34,36-37H2,1-2H3,(H,41,44)/b21-18+,27-25+,35-33+/t38-,39+/m0/s1. The van der Waals surface area contributed by atoms with E-state index in [1.165, 1.54) is 128 Å². The highest BCUT2D eigenvalue weighted by Crippen LogP contribution is 2.13. The van der Waals surface area contributed by atoms with E-state index >= 15 is 0 Å². The van der Waals surface area contributed by atoms with Crippen LogP contribution in [0.4, 0.5) is 0 Å². The molecule has 0 unspecified atom stereocenters. The maximum Gasteiger partial charge on any atom is 0.220 e. The summed E-state index contributed by atoms with van der Waals surface area (Å²) in [6.45, 7) is 4.28. The zero-order valence-corrected chi connectivity index (χ0v) is 29.4. The lowest BCUT2D eigenvalue weighted by Crippen LogP contribution is -2.45. The molecule has 3 N–H and O–H groups in total. The van der Waals surface area contributed by atoms with Crippen molar-refractivity contribution in [2.45, 2.75) is 206 Å². The average Bonchev–Trinajstić information content (AvgIpc) is 3.03. The van der Waals surface area contributed by atoms with Crippen LogP contribution >= 0.6 is 0 Å². The molecule has 0 aromatic heterocycles. The van der Waals surface area contributed by atoms with Gasteiger partial charge in [0.1, 0.15) is 0 Å². The van der Waals surface area contributed by atoms with Crippen molar-refractivity contribution in [3.05, 3.63) is 36.5 Å². The SMILES string of the molecule is CCCCCCCC/C=C/CCCCCCCC(=O)N[C@@H](CO)[C@H](O)/C=C/CC/C=C/CCCCCCCCCCCCC. The fourth-order valence-electron chi connectivity index (χ4n) is 5.60. The third-order valence-electron chi connectivity index (χ3n) is 8.60. The Morgan fingerprint density at radius 2 is 0.886 bits per heavy atom. The van der Waals surface area contributed by atoms with Gasteiger partial charge in [0.15, 0.2) is 0 Å². The lowest BCUT2D eigenvalue weighted by molar-refractivity contribution is -0.123. The maximum atomic E-state index is 12.3. The summed E-state index contributed by atoms with van der Waals surface area (Å²) in [5.74, 6) is -0.0838. The first-order valence-electron chi connectivity index (χ1n) is 19.2. The molecule has 0 rings (SSSR count). The van der Waals surface area contributed by atoms with Crippen LogP contribution in [0.3, 0.4) is 0 Å². The van der Waals surface area contributed by atoms with Gasteiger partial charge >= 0.3 is 0 Å². The van der Waals surface area contributed by atoms with Gasteiger partial charge in [0.05, 0.1) is 18.8 Å². The highest BCUT2D eigenvalue weighted by atomic mass is 16.3. The predicted octanol–water partition coefficient (Wildman–Crippen LogP) is 11.5. The van der Waals surface area contributed by atoms with E-state index in [1.807, 2.05) is 6.08 Å². The van der Waals surface area contributed by atoms with E-state index in [2.05, 4.69) is 43.5 Å². The Labute approximate surface area is 274 Å². The zero-order chi connectivity index (χ0) is 32.2. The van der Waals surface area contributed by atoms with Gasteiger partial charge in [-0.1, -0.05) is 166 Å². The van der Waals surface area contributed by atoms with Gasteiger partial charge in [-0.05, 0) is 57.8 Å². The molecule has 4 heteroatoms. The number of allylic oxidation sites excluding steroid dienone is 5. The van der Waals surface area contributed by atoms with Gasteiger partial charge in [-0.2, -0.15) is 0 Å². The first kappa shape index (κ1) is 42.6. The molecule has 0 aliphatic heterocycles. The van der Waals surface area contributed by atoms with Crippen LogP contribution in [-0.4, -0.2) is 34.9 Å². The topological polar surface area (TPSA) is 69.6 Å². The Kier molecular flexibility index (Phi) is 34.9. The molecular weight excluding hydrogens is 542 g/mol. The van der Waals surface area contributed by atoms with Gasteiger partial charge in [0, 0.05) is 6.42 Å². The maximum absolute atomic E-state index is 12.3. The molecule has 4 nitrogen and oxygen atoms in total. The Morgan fingerprint density at radius 1 is 0.523 bits per heavy atom. The molecular formula is C40H75NO3. The number of carbonyl (C=O) groups excluding carboxylic acids is 1. The molecule has 0 spiro atoms. The van der Waals surface area contributed by atoms with E-state index in [0.29, 0.717) is 6.42 Å². The van der Waals surface area contributed by atoms with Gasteiger partial charge in [-0.15, -0.1) is 0 Å². The van der Waals surface area contributed by atoms with Crippen molar-refractivity contribution in [1.29, 1.82) is 0 Å². The van der Waals surface area contributed by atoms with Crippen molar-refractivity contribution in [3.8, 4) is 0 Å². The number of nitrogens with one attached hydrogen (secondary N) is 1. The van der Waals surface area contributed by atoms with E-state index in [9.17, 15) is 15.0 Å². The number of aliphatic hydroxyl groups excluding tert-OH is 2. The second kappa shape index (κ2) is 36.1. The summed E-state index contributed by atoms with van der Waals surface area (Å²) >= 11 is 0. The minimum atomic E-state index is -0.863. The van der Waals surface area contributed by atoms with E-state index < -0.39 is 12.1 Å². The first-order chi connectivity index (χ1) is 21.7. The number of carbonyl (C=O) groups is 1. The molecule has 0 aliphatic rings. The van der Waals surface area contributed by atoms with Crippen molar-refractivity contribution in [2.24, 2.45) is 0 Å². The molecule has 0 fully saturated rings. The van der Waals surface area contributed by atoms with Crippen molar-refractivity contribution >= 4 is 5.91 Å². The van der Waals surface area contributed by atoms with Gasteiger partial charge in [0.25, 0.3) is 0 Å². The van der Waals surface area contributed by atoms with Crippen LogP contribution in [-0.2, 0) is 4.79 Å².